The molecule has 1 rings (SSSR count). The molecule has 0 atom stereocenters. The van der Waals surface area contributed by atoms with Crippen LogP contribution in [-0.2, 0) is 27.2 Å². The fourth-order valence-electron chi connectivity index (χ4n) is 1.75. The van der Waals surface area contributed by atoms with Gasteiger partial charge in [0.15, 0.2) is 0 Å². The van der Waals surface area contributed by atoms with Crippen LogP contribution in [0.3, 0.4) is 0 Å². The summed E-state index contributed by atoms with van der Waals surface area (Å²) in [5.74, 6) is -0.412. The van der Waals surface area contributed by atoms with Crippen molar-refractivity contribution >= 4 is 23.5 Å². The normalized spacial score (nSPS) is 10.3. The molecule has 0 saturated carbocycles. The van der Waals surface area contributed by atoms with Crippen molar-refractivity contribution in [3.05, 3.63) is 23.5 Å². The van der Waals surface area contributed by atoms with E-state index >= 15 is 0 Å². The lowest BCUT2D eigenvalue weighted by Gasteiger charge is -2.09. The first-order chi connectivity index (χ1) is 9.13. The molecule has 5 nitrogen and oxygen atoms in total. The van der Waals surface area contributed by atoms with Crippen LogP contribution in [0.2, 0.25) is 0 Å². The Labute approximate surface area is 117 Å². The number of rotatable bonds is 7. The Morgan fingerprint density at radius 3 is 2.53 bits per heavy atom. The average Bonchev–Trinajstić information content (AvgIpc) is 2.74. The number of nitrogens with zero attached hydrogens (tertiary/aromatic N) is 1. The molecule has 1 aromatic heterocycles. The summed E-state index contributed by atoms with van der Waals surface area (Å²) in [6, 6.07) is 1.64. The number of aromatic nitrogens is 1. The third-order valence-electron chi connectivity index (χ3n) is 2.52. The van der Waals surface area contributed by atoms with Crippen molar-refractivity contribution in [3.8, 4) is 0 Å². The van der Waals surface area contributed by atoms with Gasteiger partial charge in [-0.1, -0.05) is 0 Å². The first-order valence-electron chi connectivity index (χ1n) is 6.20. The van der Waals surface area contributed by atoms with Crippen LogP contribution < -0.4 is 0 Å². The Bertz CT molecular complexity index is 442. The topological polar surface area (TPSA) is 57.5 Å². The molecule has 0 unspecified atom stereocenters. The van der Waals surface area contributed by atoms with Gasteiger partial charge < -0.3 is 14.0 Å². The maximum atomic E-state index is 11.8. The van der Waals surface area contributed by atoms with Gasteiger partial charge in [0.05, 0.1) is 25.2 Å². The average molecular weight is 288 g/mol. The van der Waals surface area contributed by atoms with E-state index in [4.69, 9.17) is 21.1 Å². The first kappa shape index (κ1) is 15.6. The van der Waals surface area contributed by atoms with Crippen LogP contribution in [-0.4, -0.2) is 35.6 Å². The SMILES string of the molecule is CCOC(=O)Cc1c(C(=O)OCC)ccn1CCCl. The van der Waals surface area contributed by atoms with Crippen molar-refractivity contribution in [2.45, 2.75) is 26.8 Å². The number of hydrogen-bond acceptors (Lipinski definition) is 4. The Balaban J connectivity index is 2.97. The van der Waals surface area contributed by atoms with Crippen LogP contribution in [0.4, 0.5) is 0 Å². The first-order valence-corrected chi connectivity index (χ1v) is 6.74. The molecule has 0 fully saturated rings. The minimum Gasteiger partial charge on any atom is -0.466 e. The van der Waals surface area contributed by atoms with Crippen LogP contribution in [0.1, 0.15) is 29.9 Å². The molecule has 6 heteroatoms. The number of esters is 2. The Morgan fingerprint density at radius 1 is 1.26 bits per heavy atom. The minimum absolute atomic E-state index is 0.0336. The largest absolute Gasteiger partial charge is 0.466 e. The van der Waals surface area contributed by atoms with Gasteiger partial charge in [0, 0.05) is 24.3 Å². The summed E-state index contributed by atoms with van der Waals surface area (Å²) in [7, 11) is 0. The van der Waals surface area contributed by atoms with E-state index in [2.05, 4.69) is 0 Å². The molecule has 0 saturated heterocycles. The standard InChI is InChI=1S/C13H18ClNO4/c1-3-18-12(16)9-11-10(13(17)19-4-2)5-7-15(11)8-6-14/h5,7H,3-4,6,8-9H2,1-2H3. The second-order valence-electron chi connectivity index (χ2n) is 3.76. The summed E-state index contributed by atoms with van der Waals surface area (Å²) in [5.41, 5.74) is 0.970. The van der Waals surface area contributed by atoms with Crippen molar-refractivity contribution in [3.63, 3.8) is 0 Å². The van der Waals surface area contributed by atoms with E-state index in [0.717, 1.165) is 0 Å². The number of alkyl halides is 1. The summed E-state index contributed by atoms with van der Waals surface area (Å²) < 4.78 is 11.6. The molecule has 0 N–H and O–H groups in total. The van der Waals surface area contributed by atoms with Crippen molar-refractivity contribution in [1.29, 1.82) is 0 Å². The summed E-state index contributed by atoms with van der Waals surface area (Å²) in [6.45, 7) is 4.60. The maximum absolute atomic E-state index is 11.8. The number of carbonyl (C=O) groups is 2. The number of aryl methyl sites for hydroxylation is 1. The zero-order chi connectivity index (χ0) is 14.3. The van der Waals surface area contributed by atoms with Gasteiger partial charge in [0.2, 0.25) is 0 Å². The number of carbonyl (C=O) groups excluding carboxylic acids is 2. The van der Waals surface area contributed by atoms with E-state index in [1.54, 1.807) is 30.7 Å². The molecule has 0 amide bonds. The molecular formula is C13H18ClNO4. The molecule has 0 aliphatic rings. The van der Waals surface area contributed by atoms with Gasteiger partial charge in [0.1, 0.15) is 0 Å². The van der Waals surface area contributed by atoms with Gasteiger partial charge in [-0.2, -0.15) is 0 Å². The van der Waals surface area contributed by atoms with E-state index in [1.165, 1.54) is 0 Å². The Hall–Kier alpha value is -1.49. The highest BCUT2D eigenvalue weighted by atomic mass is 35.5. The van der Waals surface area contributed by atoms with Gasteiger partial charge in [-0.15, -0.1) is 11.6 Å². The molecule has 0 bridgehead atoms. The van der Waals surface area contributed by atoms with Crippen LogP contribution in [0, 0.1) is 0 Å². The molecule has 0 radical (unpaired) electrons. The summed E-state index contributed by atoms with van der Waals surface area (Å²) in [4.78, 5) is 23.4. The quantitative estimate of drug-likeness (QED) is 0.569. The summed E-state index contributed by atoms with van der Waals surface area (Å²) in [6.07, 6.45) is 1.76. The van der Waals surface area contributed by atoms with E-state index < -0.39 is 5.97 Å². The molecule has 0 aliphatic heterocycles. The molecule has 1 heterocycles. The van der Waals surface area contributed by atoms with E-state index in [0.29, 0.717) is 36.9 Å². The predicted octanol–water partition coefficient (Wildman–Crippen LogP) is 2.01. The lowest BCUT2D eigenvalue weighted by atomic mass is 10.2. The third kappa shape index (κ3) is 4.28. The third-order valence-corrected chi connectivity index (χ3v) is 2.69. The van der Waals surface area contributed by atoms with Gasteiger partial charge in [-0.05, 0) is 19.9 Å². The monoisotopic (exact) mass is 287 g/mol. The minimum atomic E-state index is -0.435. The predicted molar refractivity (Wildman–Crippen MR) is 71.4 cm³/mol. The second kappa shape index (κ2) is 7.84. The lowest BCUT2D eigenvalue weighted by molar-refractivity contribution is -0.142. The molecule has 1 aromatic rings. The van der Waals surface area contributed by atoms with Crippen LogP contribution in [0.25, 0.3) is 0 Å². The summed E-state index contributed by atoms with van der Waals surface area (Å²) in [5, 5.41) is 0. The molecule has 19 heavy (non-hydrogen) atoms. The molecular weight excluding hydrogens is 270 g/mol. The fraction of sp³-hybridized carbons (Fsp3) is 0.538. The highest BCUT2D eigenvalue weighted by Crippen LogP contribution is 2.15. The van der Waals surface area contributed by atoms with Crippen LogP contribution in [0.5, 0.6) is 0 Å². The smallest absolute Gasteiger partial charge is 0.339 e. The lowest BCUT2D eigenvalue weighted by Crippen LogP contribution is -2.16. The van der Waals surface area contributed by atoms with Gasteiger partial charge in [0.25, 0.3) is 0 Å². The number of halogens is 1. The zero-order valence-corrected chi connectivity index (χ0v) is 11.9. The Morgan fingerprint density at radius 2 is 1.95 bits per heavy atom. The number of hydrogen-bond donors (Lipinski definition) is 0. The molecule has 0 spiro atoms. The molecule has 106 valence electrons. The van der Waals surface area contributed by atoms with Gasteiger partial charge in [-0.25, -0.2) is 4.79 Å². The fourth-order valence-corrected chi connectivity index (χ4v) is 1.93. The highest BCUT2D eigenvalue weighted by Gasteiger charge is 2.19. The van der Waals surface area contributed by atoms with E-state index in [-0.39, 0.29) is 12.4 Å². The van der Waals surface area contributed by atoms with Crippen molar-refractivity contribution < 1.29 is 19.1 Å². The van der Waals surface area contributed by atoms with Gasteiger partial charge in [-0.3, -0.25) is 4.79 Å². The second-order valence-corrected chi connectivity index (χ2v) is 4.14. The van der Waals surface area contributed by atoms with Crippen molar-refractivity contribution in [1.82, 2.24) is 4.57 Å². The van der Waals surface area contributed by atoms with E-state index in [1.807, 2.05) is 0 Å². The Kier molecular flexibility index (Phi) is 6.42. The highest BCUT2D eigenvalue weighted by molar-refractivity contribution is 6.17. The van der Waals surface area contributed by atoms with Crippen LogP contribution in [0.15, 0.2) is 12.3 Å². The number of ether oxygens (including phenoxy) is 2. The van der Waals surface area contributed by atoms with Gasteiger partial charge >= 0.3 is 11.9 Å². The molecule has 0 aromatic carbocycles. The van der Waals surface area contributed by atoms with Crippen LogP contribution >= 0.6 is 11.6 Å². The zero-order valence-electron chi connectivity index (χ0n) is 11.1. The van der Waals surface area contributed by atoms with E-state index in [9.17, 15) is 9.59 Å². The van der Waals surface area contributed by atoms with Crippen molar-refractivity contribution in [2.24, 2.45) is 0 Å². The summed E-state index contributed by atoms with van der Waals surface area (Å²) >= 11 is 5.70. The molecule has 0 aliphatic carbocycles. The van der Waals surface area contributed by atoms with Crippen molar-refractivity contribution in [2.75, 3.05) is 19.1 Å². The maximum Gasteiger partial charge on any atom is 0.339 e.